The minimum atomic E-state index is -1.01. The van der Waals surface area contributed by atoms with Crippen LogP contribution in [0, 0.1) is 0 Å². The topological polar surface area (TPSA) is 69.6 Å². The zero-order valence-corrected chi connectivity index (χ0v) is 10.8. The first-order chi connectivity index (χ1) is 7.85. The molecule has 2 N–H and O–H groups in total. The van der Waals surface area contributed by atoms with Crippen molar-refractivity contribution in [2.24, 2.45) is 0 Å². The summed E-state index contributed by atoms with van der Waals surface area (Å²) in [6, 6.07) is 0.370. The molecule has 1 amide bonds. The van der Waals surface area contributed by atoms with Crippen LogP contribution in [0.4, 0.5) is 0 Å². The third kappa shape index (κ3) is 3.43. The molecule has 0 aliphatic carbocycles. The van der Waals surface area contributed by atoms with Gasteiger partial charge in [-0.2, -0.15) is 0 Å². The molecule has 1 atom stereocenters. The average molecular weight is 242 g/mol. The van der Waals surface area contributed by atoms with E-state index < -0.39 is 11.5 Å². The molecule has 5 nitrogen and oxygen atoms in total. The fourth-order valence-electron chi connectivity index (χ4n) is 2.43. The number of likely N-dealkylation sites (tertiary alicyclic amines) is 1. The van der Waals surface area contributed by atoms with Gasteiger partial charge in [-0.1, -0.05) is 6.42 Å². The highest BCUT2D eigenvalue weighted by atomic mass is 16.4. The van der Waals surface area contributed by atoms with E-state index in [1.54, 1.807) is 0 Å². The summed E-state index contributed by atoms with van der Waals surface area (Å²) in [6.45, 7) is 6.41. The lowest BCUT2D eigenvalue weighted by molar-refractivity contribution is -0.141. The monoisotopic (exact) mass is 242 g/mol. The molecule has 1 unspecified atom stereocenters. The highest BCUT2D eigenvalue weighted by molar-refractivity contribution is 5.88. The Morgan fingerprint density at radius 2 is 2.06 bits per heavy atom. The van der Waals surface area contributed by atoms with Crippen LogP contribution in [0.15, 0.2) is 0 Å². The number of carboxylic acids is 1. The van der Waals surface area contributed by atoms with E-state index in [9.17, 15) is 9.59 Å². The van der Waals surface area contributed by atoms with Gasteiger partial charge < -0.3 is 10.4 Å². The predicted octanol–water partition coefficient (Wildman–Crippen LogP) is 0.840. The van der Waals surface area contributed by atoms with Gasteiger partial charge in [0.2, 0.25) is 5.91 Å². The number of hydrogen-bond donors (Lipinski definition) is 2. The molecule has 1 aliphatic rings. The molecule has 1 heterocycles. The van der Waals surface area contributed by atoms with Gasteiger partial charge in [-0.15, -0.1) is 0 Å². The molecule has 5 heteroatoms. The van der Waals surface area contributed by atoms with E-state index in [2.05, 4.69) is 17.1 Å². The van der Waals surface area contributed by atoms with Gasteiger partial charge in [0.25, 0.3) is 0 Å². The Bertz CT molecular complexity index is 302. The van der Waals surface area contributed by atoms with Crippen molar-refractivity contribution in [3.05, 3.63) is 0 Å². The van der Waals surface area contributed by atoms with Crippen LogP contribution in [-0.2, 0) is 9.59 Å². The van der Waals surface area contributed by atoms with Crippen LogP contribution in [0.25, 0.3) is 0 Å². The number of amides is 1. The van der Waals surface area contributed by atoms with Gasteiger partial charge in [0.05, 0.1) is 5.54 Å². The molecule has 1 aliphatic heterocycles. The summed E-state index contributed by atoms with van der Waals surface area (Å²) in [5.41, 5.74) is -0.644. The van der Waals surface area contributed by atoms with E-state index in [1.807, 2.05) is 13.8 Å². The minimum Gasteiger partial charge on any atom is -0.480 e. The summed E-state index contributed by atoms with van der Waals surface area (Å²) >= 11 is 0. The van der Waals surface area contributed by atoms with Crippen molar-refractivity contribution in [1.29, 1.82) is 0 Å². The van der Waals surface area contributed by atoms with Gasteiger partial charge in [-0.25, -0.2) is 0 Å². The van der Waals surface area contributed by atoms with Crippen LogP contribution in [0.5, 0.6) is 0 Å². The van der Waals surface area contributed by atoms with Crippen LogP contribution >= 0.6 is 0 Å². The van der Waals surface area contributed by atoms with Crippen molar-refractivity contribution in [1.82, 2.24) is 10.2 Å². The smallest absolute Gasteiger partial charge is 0.322 e. The zero-order valence-electron chi connectivity index (χ0n) is 10.8. The van der Waals surface area contributed by atoms with E-state index in [-0.39, 0.29) is 12.5 Å². The molecule has 1 rings (SSSR count). The number of nitrogens with one attached hydrogen (secondary N) is 1. The van der Waals surface area contributed by atoms with E-state index in [0.29, 0.717) is 6.04 Å². The number of nitrogens with zero attached hydrogens (tertiary/aromatic N) is 1. The quantitative estimate of drug-likeness (QED) is 0.766. The molecule has 1 fully saturated rings. The summed E-state index contributed by atoms with van der Waals surface area (Å²) < 4.78 is 0. The van der Waals surface area contributed by atoms with Crippen LogP contribution in [0.2, 0.25) is 0 Å². The lowest BCUT2D eigenvalue weighted by atomic mass is 9.93. The van der Waals surface area contributed by atoms with Gasteiger partial charge in [-0.3, -0.25) is 14.5 Å². The SMILES string of the molecule is CC1CCCCN1C(C)(C)C(=O)NCC(=O)O. The molecule has 0 aromatic rings. The third-order valence-electron chi connectivity index (χ3n) is 3.48. The minimum absolute atomic E-state index is 0.214. The van der Waals surface area contributed by atoms with Gasteiger partial charge in [0, 0.05) is 6.04 Å². The normalized spacial score (nSPS) is 22.2. The second-order valence-corrected chi connectivity index (χ2v) is 5.17. The van der Waals surface area contributed by atoms with Crippen molar-refractivity contribution in [3.63, 3.8) is 0 Å². The summed E-state index contributed by atoms with van der Waals surface area (Å²) in [7, 11) is 0. The van der Waals surface area contributed by atoms with Crippen LogP contribution < -0.4 is 5.32 Å². The van der Waals surface area contributed by atoms with E-state index in [4.69, 9.17) is 5.11 Å². The average Bonchev–Trinajstić information content (AvgIpc) is 2.26. The maximum absolute atomic E-state index is 12.0. The number of carbonyl (C=O) groups is 2. The standard InChI is InChI=1S/C12H22N2O3/c1-9-6-4-5-7-14(9)12(2,3)11(17)13-8-10(15)16/h9H,4-8H2,1-3H3,(H,13,17)(H,15,16). The highest BCUT2D eigenvalue weighted by Crippen LogP contribution is 2.25. The Balaban J connectivity index is 2.64. The number of rotatable bonds is 4. The van der Waals surface area contributed by atoms with Gasteiger partial charge in [0.1, 0.15) is 6.54 Å². The summed E-state index contributed by atoms with van der Waals surface area (Å²) in [6.07, 6.45) is 3.39. The number of carboxylic acid groups (broad SMARTS) is 1. The molecule has 17 heavy (non-hydrogen) atoms. The highest BCUT2D eigenvalue weighted by Gasteiger charge is 2.38. The summed E-state index contributed by atoms with van der Waals surface area (Å²) in [5.74, 6) is -1.23. The first kappa shape index (κ1) is 14.0. The molecule has 0 radical (unpaired) electrons. The summed E-state index contributed by atoms with van der Waals surface area (Å²) in [5, 5.41) is 11.0. The fraction of sp³-hybridized carbons (Fsp3) is 0.833. The fourth-order valence-corrected chi connectivity index (χ4v) is 2.43. The van der Waals surface area contributed by atoms with Crippen molar-refractivity contribution in [3.8, 4) is 0 Å². The van der Waals surface area contributed by atoms with E-state index >= 15 is 0 Å². The number of carbonyl (C=O) groups excluding carboxylic acids is 1. The molecule has 0 spiro atoms. The molecule has 0 saturated carbocycles. The van der Waals surface area contributed by atoms with E-state index in [1.165, 1.54) is 6.42 Å². The summed E-state index contributed by atoms with van der Waals surface area (Å²) in [4.78, 5) is 24.6. The van der Waals surface area contributed by atoms with Crippen LogP contribution in [0.1, 0.15) is 40.0 Å². The molecule has 98 valence electrons. The number of aliphatic carboxylic acids is 1. The van der Waals surface area contributed by atoms with Gasteiger partial charge >= 0.3 is 5.97 Å². The largest absolute Gasteiger partial charge is 0.480 e. The maximum Gasteiger partial charge on any atom is 0.322 e. The van der Waals surface area contributed by atoms with E-state index in [0.717, 1.165) is 19.4 Å². The second-order valence-electron chi connectivity index (χ2n) is 5.17. The van der Waals surface area contributed by atoms with Crippen molar-refractivity contribution in [2.45, 2.75) is 51.6 Å². The first-order valence-corrected chi connectivity index (χ1v) is 6.12. The predicted molar refractivity (Wildman–Crippen MR) is 64.7 cm³/mol. The van der Waals surface area contributed by atoms with Gasteiger partial charge in [-0.05, 0) is 40.2 Å². The van der Waals surface area contributed by atoms with Crippen molar-refractivity contribution in [2.75, 3.05) is 13.1 Å². The lowest BCUT2D eigenvalue weighted by Crippen LogP contribution is -2.59. The first-order valence-electron chi connectivity index (χ1n) is 6.12. The Morgan fingerprint density at radius 3 is 2.59 bits per heavy atom. The zero-order chi connectivity index (χ0) is 13.1. The van der Waals surface area contributed by atoms with Crippen molar-refractivity contribution >= 4 is 11.9 Å². The number of piperidine rings is 1. The van der Waals surface area contributed by atoms with Crippen molar-refractivity contribution < 1.29 is 14.7 Å². The van der Waals surface area contributed by atoms with Gasteiger partial charge in [0.15, 0.2) is 0 Å². The Hall–Kier alpha value is -1.10. The maximum atomic E-state index is 12.0. The Labute approximate surface area is 102 Å². The lowest BCUT2D eigenvalue weighted by Gasteiger charge is -2.43. The van der Waals surface area contributed by atoms with Crippen LogP contribution in [0.3, 0.4) is 0 Å². The second kappa shape index (κ2) is 5.49. The molecule has 0 aromatic heterocycles. The molecule has 0 aromatic carbocycles. The van der Waals surface area contributed by atoms with Crippen LogP contribution in [-0.4, -0.2) is 46.6 Å². The molecular formula is C12H22N2O3. The third-order valence-corrected chi connectivity index (χ3v) is 3.48. The molecule has 1 saturated heterocycles. The molecule has 0 bridgehead atoms. The Morgan fingerprint density at radius 1 is 1.41 bits per heavy atom. The number of hydrogen-bond acceptors (Lipinski definition) is 3. The Kier molecular flexibility index (Phi) is 4.51. The molecular weight excluding hydrogens is 220 g/mol.